The van der Waals surface area contributed by atoms with Crippen LogP contribution in [-0.4, -0.2) is 34.7 Å². The second-order valence-electron chi connectivity index (χ2n) is 4.53. The molecule has 1 rings (SSSR count). The van der Waals surface area contributed by atoms with E-state index in [1.807, 2.05) is 13.2 Å². The summed E-state index contributed by atoms with van der Waals surface area (Å²) in [4.78, 5) is 11.6. The second kappa shape index (κ2) is 5.75. The molecule has 88 valence electrons. The van der Waals surface area contributed by atoms with E-state index >= 15 is 0 Å². The molecule has 0 bridgehead atoms. The van der Waals surface area contributed by atoms with Crippen LogP contribution in [0.4, 0.5) is 0 Å². The topological polar surface area (TPSA) is 49.3 Å². The molecule has 0 radical (unpaired) electrons. The SMILES string of the molecule is CSCC(C)NC(=O)CC1(O)CCCC1. The number of carbonyl (C=O) groups is 1. The first-order chi connectivity index (χ1) is 7.06. The van der Waals surface area contributed by atoms with Crippen molar-refractivity contribution < 1.29 is 9.90 Å². The average Bonchev–Trinajstić information content (AvgIpc) is 2.51. The van der Waals surface area contributed by atoms with Gasteiger partial charge in [-0.3, -0.25) is 4.79 Å². The van der Waals surface area contributed by atoms with Gasteiger partial charge in [-0.15, -0.1) is 0 Å². The summed E-state index contributed by atoms with van der Waals surface area (Å²) in [7, 11) is 0. The van der Waals surface area contributed by atoms with Crippen molar-refractivity contribution in [1.82, 2.24) is 5.32 Å². The summed E-state index contributed by atoms with van der Waals surface area (Å²) < 4.78 is 0. The van der Waals surface area contributed by atoms with Gasteiger partial charge in [-0.2, -0.15) is 11.8 Å². The second-order valence-corrected chi connectivity index (χ2v) is 5.44. The number of hydrogen-bond acceptors (Lipinski definition) is 3. The Bertz CT molecular complexity index is 215. The largest absolute Gasteiger partial charge is 0.389 e. The molecule has 1 aliphatic carbocycles. The third-order valence-corrected chi connectivity index (χ3v) is 3.68. The fourth-order valence-electron chi connectivity index (χ4n) is 2.13. The van der Waals surface area contributed by atoms with Crippen LogP contribution < -0.4 is 5.32 Å². The van der Waals surface area contributed by atoms with Crippen LogP contribution in [0.25, 0.3) is 0 Å². The van der Waals surface area contributed by atoms with E-state index in [0.29, 0.717) is 0 Å². The Morgan fingerprint density at radius 2 is 2.13 bits per heavy atom. The van der Waals surface area contributed by atoms with E-state index in [9.17, 15) is 9.90 Å². The fourth-order valence-corrected chi connectivity index (χ4v) is 2.71. The quantitative estimate of drug-likeness (QED) is 0.755. The molecule has 1 atom stereocenters. The van der Waals surface area contributed by atoms with Crippen molar-refractivity contribution in [3.05, 3.63) is 0 Å². The Hall–Kier alpha value is -0.220. The minimum atomic E-state index is -0.719. The molecule has 0 aromatic carbocycles. The lowest BCUT2D eigenvalue weighted by Gasteiger charge is -2.22. The van der Waals surface area contributed by atoms with Crippen LogP contribution >= 0.6 is 11.8 Å². The summed E-state index contributed by atoms with van der Waals surface area (Å²) in [5, 5.41) is 13.0. The average molecular weight is 231 g/mol. The number of thioether (sulfide) groups is 1. The molecular formula is C11H21NO2S. The van der Waals surface area contributed by atoms with Crippen molar-refractivity contribution in [2.45, 2.75) is 50.7 Å². The molecule has 1 unspecified atom stereocenters. The highest BCUT2D eigenvalue weighted by molar-refractivity contribution is 7.98. The van der Waals surface area contributed by atoms with Crippen molar-refractivity contribution in [2.75, 3.05) is 12.0 Å². The first-order valence-corrected chi connectivity index (χ1v) is 6.96. The highest BCUT2D eigenvalue weighted by atomic mass is 32.2. The fraction of sp³-hybridized carbons (Fsp3) is 0.909. The maximum Gasteiger partial charge on any atom is 0.223 e. The summed E-state index contributed by atoms with van der Waals surface area (Å²) in [5.41, 5.74) is -0.719. The Balaban J connectivity index is 2.28. The van der Waals surface area contributed by atoms with Gasteiger partial charge < -0.3 is 10.4 Å². The number of rotatable bonds is 5. The van der Waals surface area contributed by atoms with Crippen molar-refractivity contribution in [3.8, 4) is 0 Å². The van der Waals surface area contributed by atoms with E-state index in [2.05, 4.69) is 5.32 Å². The minimum absolute atomic E-state index is 0.0130. The number of amides is 1. The third-order valence-electron chi connectivity index (χ3n) is 2.85. The van der Waals surface area contributed by atoms with Crippen LogP contribution in [0.15, 0.2) is 0 Å². The molecule has 3 nitrogen and oxygen atoms in total. The minimum Gasteiger partial charge on any atom is -0.389 e. The van der Waals surface area contributed by atoms with E-state index in [0.717, 1.165) is 31.4 Å². The van der Waals surface area contributed by atoms with E-state index in [-0.39, 0.29) is 18.4 Å². The van der Waals surface area contributed by atoms with Gasteiger partial charge in [0.05, 0.1) is 12.0 Å². The lowest BCUT2D eigenvalue weighted by molar-refractivity contribution is -0.126. The van der Waals surface area contributed by atoms with Crippen LogP contribution in [0.5, 0.6) is 0 Å². The van der Waals surface area contributed by atoms with Gasteiger partial charge in [0.25, 0.3) is 0 Å². The Morgan fingerprint density at radius 3 is 2.67 bits per heavy atom. The molecule has 0 spiro atoms. The molecule has 0 aliphatic heterocycles. The monoisotopic (exact) mass is 231 g/mol. The zero-order valence-electron chi connectivity index (χ0n) is 9.58. The van der Waals surface area contributed by atoms with E-state index in [4.69, 9.17) is 0 Å². The lowest BCUT2D eigenvalue weighted by atomic mass is 9.97. The first kappa shape index (κ1) is 12.8. The molecule has 0 heterocycles. The van der Waals surface area contributed by atoms with E-state index in [1.165, 1.54) is 0 Å². The summed E-state index contributed by atoms with van der Waals surface area (Å²) >= 11 is 1.72. The lowest BCUT2D eigenvalue weighted by Crippen LogP contribution is -2.39. The molecule has 1 saturated carbocycles. The summed E-state index contributed by atoms with van der Waals surface area (Å²) in [6, 6.07) is 0.192. The third kappa shape index (κ3) is 4.43. The van der Waals surface area contributed by atoms with Crippen LogP contribution in [0.1, 0.15) is 39.0 Å². The number of carbonyl (C=O) groups excluding carboxylic acids is 1. The van der Waals surface area contributed by atoms with E-state index < -0.39 is 5.60 Å². The molecule has 2 N–H and O–H groups in total. The molecular weight excluding hydrogens is 210 g/mol. The molecule has 1 fully saturated rings. The summed E-state index contributed by atoms with van der Waals surface area (Å²) in [5.74, 6) is 0.908. The van der Waals surface area contributed by atoms with Gasteiger partial charge in [0.1, 0.15) is 0 Å². The van der Waals surface area contributed by atoms with Gasteiger partial charge in [0.2, 0.25) is 5.91 Å². The molecule has 4 heteroatoms. The highest BCUT2D eigenvalue weighted by Gasteiger charge is 2.33. The van der Waals surface area contributed by atoms with Crippen molar-refractivity contribution >= 4 is 17.7 Å². The maximum absolute atomic E-state index is 11.6. The van der Waals surface area contributed by atoms with E-state index in [1.54, 1.807) is 11.8 Å². The number of nitrogens with one attached hydrogen (secondary N) is 1. The van der Waals surface area contributed by atoms with Crippen molar-refractivity contribution in [2.24, 2.45) is 0 Å². The van der Waals surface area contributed by atoms with Gasteiger partial charge in [-0.05, 0) is 26.0 Å². The normalized spacial score (nSPS) is 21.3. The zero-order chi connectivity index (χ0) is 11.3. The van der Waals surface area contributed by atoms with Gasteiger partial charge in [0, 0.05) is 11.8 Å². The Kier molecular flexibility index (Phi) is 4.93. The molecule has 15 heavy (non-hydrogen) atoms. The van der Waals surface area contributed by atoms with Crippen molar-refractivity contribution in [3.63, 3.8) is 0 Å². The van der Waals surface area contributed by atoms with Gasteiger partial charge in [0.15, 0.2) is 0 Å². The van der Waals surface area contributed by atoms with Gasteiger partial charge >= 0.3 is 0 Å². The zero-order valence-corrected chi connectivity index (χ0v) is 10.4. The molecule has 0 aromatic rings. The number of hydrogen-bond donors (Lipinski definition) is 2. The highest BCUT2D eigenvalue weighted by Crippen LogP contribution is 2.32. The first-order valence-electron chi connectivity index (χ1n) is 5.56. The molecule has 1 amide bonds. The molecule has 0 saturated heterocycles. The standard InChI is InChI=1S/C11H21NO2S/c1-9(8-15-2)12-10(13)7-11(14)5-3-4-6-11/h9,14H,3-8H2,1-2H3,(H,12,13). The Labute approximate surface area is 96.0 Å². The number of aliphatic hydroxyl groups is 1. The van der Waals surface area contributed by atoms with Crippen LogP contribution in [0.3, 0.4) is 0 Å². The summed E-state index contributed by atoms with van der Waals surface area (Å²) in [6.07, 6.45) is 5.93. The molecule has 1 aliphatic rings. The predicted octanol–water partition coefficient (Wildman–Crippen LogP) is 1.55. The van der Waals surface area contributed by atoms with Crippen LogP contribution in [0, 0.1) is 0 Å². The molecule has 0 aromatic heterocycles. The Morgan fingerprint density at radius 1 is 1.53 bits per heavy atom. The van der Waals surface area contributed by atoms with Crippen molar-refractivity contribution in [1.29, 1.82) is 0 Å². The van der Waals surface area contributed by atoms with Crippen LogP contribution in [-0.2, 0) is 4.79 Å². The summed E-state index contributed by atoms with van der Waals surface area (Å²) in [6.45, 7) is 1.99. The predicted molar refractivity (Wildman–Crippen MR) is 64.0 cm³/mol. The van der Waals surface area contributed by atoms with Gasteiger partial charge in [-0.25, -0.2) is 0 Å². The van der Waals surface area contributed by atoms with Gasteiger partial charge in [-0.1, -0.05) is 12.8 Å². The maximum atomic E-state index is 11.6. The smallest absolute Gasteiger partial charge is 0.223 e. The van der Waals surface area contributed by atoms with Crippen LogP contribution in [0.2, 0.25) is 0 Å².